The molecular formula is C20H26N4O. The number of aromatic nitrogens is 2. The maximum absolute atomic E-state index is 5.38. The van der Waals surface area contributed by atoms with Crippen LogP contribution in [-0.4, -0.2) is 48.2 Å². The zero-order chi connectivity index (χ0) is 17.2. The van der Waals surface area contributed by atoms with Gasteiger partial charge in [-0.2, -0.15) is 0 Å². The molecule has 1 saturated heterocycles. The van der Waals surface area contributed by atoms with E-state index in [1.165, 1.54) is 29.7 Å². The number of fused-ring (bicyclic) bond motifs is 1. The normalized spacial score (nSPS) is 20.6. The molecule has 1 aromatic carbocycles. The Hall–Kier alpha value is -2.14. The van der Waals surface area contributed by atoms with Crippen molar-refractivity contribution in [3.63, 3.8) is 0 Å². The van der Waals surface area contributed by atoms with Crippen LogP contribution in [0.15, 0.2) is 30.6 Å². The van der Waals surface area contributed by atoms with E-state index in [9.17, 15) is 0 Å². The lowest BCUT2D eigenvalue weighted by atomic mass is 10.0. The molecule has 2 aromatic rings. The van der Waals surface area contributed by atoms with Gasteiger partial charge in [-0.25, -0.2) is 9.97 Å². The van der Waals surface area contributed by atoms with E-state index >= 15 is 0 Å². The third kappa shape index (κ3) is 3.33. The Kier molecular flexibility index (Phi) is 4.57. The molecule has 5 nitrogen and oxygen atoms in total. The van der Waals surface area contributed by atoms with Gasteiger partial charge in [0.25, 0.3) is 0 Å². The van der Waals surface area contributed by atoms with Crippen molar-refractivity contribution in [2.24, 2.45) is 0 Å². The summed E-state index contributed by atoms with van der Waals surface area (Å²) in [7, 11) is 3.90. The molecular weight excluding hydrogens is 312 g/mol. The summed E-state index contributed by atoms with van der Waals surface area (Å²) in [6, 6.07) is 8.93. The minimum absolute atomic E-state index is 0.498. The van der Waals surface area contributed by atoms with E-state index in [2.05, 4.69) is 40.0 Å². The van der Waals surface area contributed by atoms with Crippen LogP contribution in [0.5, 0.6) is 5.75 Å². The highest BCUT2D eigenvalue weighted by Gasteiger charge is 2.30. The van der Waals surface area contributed by atoms with Crippen molar-refractivity contribution in [2.75, 3.05) is 32.1 Å². The van der Waals surface area contributed by atoms with Gasteiger partial charge in [-0.1, -0.05) is 12.1 Å². The van der Waals surface area contributed by atoms with Crippen molar-refractivity contribution in [3.05, 3.63) is 47.4 Å². The van der Waals surface area contributed by atoms with Gasteiger partial charge in [-0.3, -0.25) is 0 Å². The Morgan fingerprint density at radius 1 is 1.24 bits per heavy atom. The van der Waals surface area contributed by atoms with E-state index in [0.29, 0.717) is 6.04 Å². The summed E-state index contributed by atoms with van der Waals surface area (Å²) in [6.45, 7) is 3.12. The van der Waals surface area contributed by atoms with Gasteiger partial charge in [0.2, 0.25) is 0 Å². The van der Waals surface area contributed by atoms with Crippen molar-refractivity contribution >= 4 is 5.82 Å². The number of hydrogen-bond acceptors (Lipinski definition) is 5. The fourth-order valence-electron chi connectivity index (χ4n) is 4.11. The van der Waals surface area contributed by atoms with E-state index in [1.54, 1.807) is 13.4 Å². The highest BCUT2D eigenvalue weighted by atomic mass is 16.5. The van der Waals surface area contributed by atoms with Crippen LogP contribution in [-0.2, 0) is 19.4 Å². The van der Waals surface area contributed by atoms with Crippen LogP contribution in [0.4, 0.5) is 5.82 Å². The lowest BCUT2D eigenvalue weighted by molar-refractivity contribution is 0.309. The molecule has 1 atom stereocenters. The Morgan fingerprint density at radius 2 is 2.16 bits per heavy atom. The molecule has 1 aromatic heterocycles. The first-order valence-corrected chi connectivity index (χ1v) is 9.15. The molecule has 2 aliphatic heterocycles. The third-order valence-electron chi connectivity index (χ3n) is 5.42. The van der Waals surface area contributed by atoms with E-state index in [1.807, 2.05) is 6.07 Å². The van der Waals surface area contributed by atoms with Crippen LogP contribution < -0.4 is 9.64 Å². The lowest BCUT2D eigenvalue weighted by Crippen LogP contribution is -2.35. The van der Waals surface area contributed by atoms with Crippen LogP contribution in [0, 0.1) is 0 Å². The maximum Gasteiger partial charge on any atom is 0.137 e. The van der Waals surface area contributed by atoms with Crippen molar-refractivity contribution < 1.29 is 4.74 Å². The minimum atomic E-state index is 0.498. The van der Waals surface area contributed by atoms with Crippen LogP contribution in [0.3, 0.4) is 0 Å². The molecule has 0 radical (unpaired) electrons. The molecule has 2 aliphatic rings. The summed E-state index contributed by atoms with van der Waals surface area (Å²) in [5.41, 5.74) is 3.89. The smallest absolute Gasteiger partial charge is 0.137 e. The monoisotopic (exact) mass is 338 g/mol. The van der Waals surface area contributed by atoms with E-state index in [-0.39, 0.29) is 0 Å². The Morgan fingerprint density at radius 3 is 3.04 bits per heavy atom. The molecule has 5 heteroatoms. The summed E-state index contributed by atoms with van der Waals surface area (Å²) in [5, 5.41) is 0. The fourth-order valence-corrected chi connectivity index (χ4v) is 4.11. The standard InChI is InChI=1S/C20H26N4O/c1-23-10-8-19-18(13-23)20(22-14-21-19)24-9-4-6-16(24)11-15-5-3-7-17(12-15)25-2/h3,5,7,12,14,16H,4,6,8-11,13H2,1-2H3/t16-/m0/s1. The van der Waals surface area contributed by atoms with Crippen LogP contribution in [0.2, 0.25) is 0 Å². The number of anilines is 1. The second-order valence-corrected chi connectivity index (χ2v) is 7.16. The van der Waals surface area contributed by atoms with Gasteiger partial charge in [-0.05, 0) is 44.0 Å². The van der Waals surface area contributed by atoms with Gasteiger partial charge >= 0.3 is 0 Å². The number of nitrogens with zero attached hydrogens (tertiary/aromatic N) is 4. The van der Waals surface area contributed by atoms with E-state index in [4.69, 9.17) is 9.72 Å². The van der Waals surface area contributed by atoms with Crippen LogP contribution in [0.1, 0.15) is 29.7 Å². The molecule has 1 fully saturated rings. The molecule has 0 spiro atoms. The Bertz CT molecular complexity index is 748. The van der Waals surface area contributed by atoms with E-state index in [0.717, 1.165) is 44.0 Å². The second-order valence-electron chi connectivity index (χ2n) is 7.16. The molecule has 3 heterocycles. The minimum Gasteiger partial charge on any atom is -0.497 e. The summed E-state index contributed by atoms with van der Waals surface area (Å²) in [4.78, 5) is 14.1. The Labute approximate surface area is 149 Å². The van der Waals surface area contributed by atoms with Crippen LogP contribution >= 0.6 is 0 Å². The Balaban J connectivity index is 1.60. The summed E-state index contributed by atoms with van der Waals surface area (Å²) < 4.78 is 5.38. The number of likely N-dealkylation sites (N-methyl/N-ethyl adjacent to an activating group) is 1. The number of ether oxygens (including phenoxy) is 1. The predicted molar refractivity (Wildman–Crippen MR) is 99.1 cm³/mol. The molecule has 0 bridgehead atoms. The molecule has 0 saturated carbocycles. The van der Waals surface area contributed by atoms with Crippen molar-refractivity contribution in [1.82, 2.24) is 14.9 Å². The number of rotatable bonds is 4. The van der Waals surface area contributed by atoms with Gasteiger partial charge < -0.3 is 14.5 Å². The zero-order valence-electron chi connectivity index (χ0n) is 15.1. The molecule has 0 amide bonds. The zero-order valence-corrected chi connectivity index (χ0v) is 15.1. The molecule has 0 unspecified atom stereocenters. The summed E-state index contributed by atoms with van der Waals surface area (Å²) in [6.07, 6.45) is 6.25. The summed E-state index contributed by atoms with van der Waals surface area (Å²) in [5.74, 6) is 2.09. The average molecular weight is 338 g/mol. The molecule has 132 valence electrons. The highest BCUT2D eigenvalue weighted by molar-refractivity contribution is 5.51. The van der Waals surface area contributed by atoms with Crippen LogP contribution in [0.25, 0.3) is 0 Å². The SMILES string of the molecule is COc1cccc(C[C@@H]2CCCN2c2ncnc3c2CN(C)CC3)c1. The largest absolute Gasteiger partial charge is 0.497 e. The number of methoxy groups -OCH3 is 1. The first-order chi connectivity index (χ1) is 12.2. The van der Waals surface area contributed by atoms with Crippen molar-refractivity contribution in [2.45, 2.75) is 38.3 Å². The number of benzene rings is 1. The molecule has 25 heavy (non-hydrogen) atoms. The lowest BCUT2D eigenvalue weighted by Gasteiger charge is -2.32. The summed E-state index contributed by atoms with van der Waals surface area (Å²) >= 11 is 0. The van der Waals surface area contributed by atoms with Gasteiger partial charge in [0.05, 0.1) is 12.8 Å². The molecule has 0 N–H and O–H groups in total. The first kappa shape index (κ1) is 16.3. The molecule has 0 aliphatic carbocycles. The van der Waals surface area contributed by atoms with Crippen molar-refractivity contribution in [3.8, 4) is 5.75 Å². The highest BCUT2D eigenvalue weighted by Crippen LogP contribution is 2.32. The third-order valence-corrected chi connectivity index (χ3v) is 5.42. The maximum atomic E-state index is 5.38. The number of hydrogen-bond donors (Lipinski definition) is 0. The fraction of sp³-hybridized carbons (Fsp3) is 0.500. The first-order valence-electron chi connectivity index (χ1n) is 9.15. The van der Waals surface area contributed by atoms with Gasteiger partial charge in [0.1, 0.15) is 17.9 Å². The van der Waals surface area contributed by atoms with Gasteiger partial charge in [0.15, 0.2) is 0 Å². The van der Waals surface area contributed by atoms with Gasteiger partial charge in [-0.15, -0.1) is 0 Å². The second kappa shape index (κ2) is 7.00. The van der Waals surface area contributed by atoms with Gasteiger partial charge in [0, 0.05) is 37.7 Å². The quantitative estimate of drug-likeness (QED) is 0.857. The topological polar surface area (TPSA) is 41.5 Å². The van der Waals surface area contributed by atoms with Crippen molar-refractivity contribution in [1.29, 1.82) is 0 Å². The van der Waals surface area contributed by atoms with E-state index < -0.39 is 0 Å². The molecule has 4 rings (SSSR count). The predicted octanol–water partition coefficient (Wildman–Crippen LogP) is 2.68. The average Bonchev–Trinajstić information content (AvgIpc) is 3.09.